The summed E-state index contributed by atoms with van der Waals surface area (Å²) in [7, 11) is 0. The number of nitrogens with two attached hydrogens (primary N) is 1. The molecule has 3 N–H and O–H groups in total. The van der Waals surface area contributed by atoms with Crippen molar-refractivity contribution in [2.45, 2.75) is 12.8 Å². The van der Waals surface area contributed by atoms with Crippen molar-refractivity contribution in [3.8, 4) is 0 Å². The molecule has 0 spiro atoms. The number of carbonyl (C=O) groups is 2. The van der Waals surface area contributed by atoms with Gasteiger partial charge in [-0.25, -0.2) is 9.50 Å². The van der Waals surface area contributed by atoms with Crippen LogP contribution in [0.15, 0.2) is 42.9 Å². The number of piperidine rings is 1. The van der Waals surface area contributed by atoms with Gasteiger partial charge in [0.1, 0.15) is 5.82 Å². The van der Waals surface area contributed by atoms with Gasteiger partial charge in [0.25, 0.3) is 5.91 Å². The molecule has 4 heterocycles. The number of rotatable bonds is 4. The average Bonchev–Trinajstić information content (AvgIpc) is 3.10. The Bertz CT molecular complexity index is 986. The molecular weight excluding hydrogens is 346 g/mol. The van der Waals surface area contributed by atoms with E-state index in [1.54, 1.807) is 29.0 Å². The fraction of sp³-hybridized carbons (Fsp3) is 0.278. The lowest BCUT2D eigenvalue weighted by atomic mass is 9.97. The Morgan fingerprint density at radius 1 is 1.26 bits per heavy atom. The molecule has 1 atom stereocenters. The fourth-order valence-corrected chi connectivity index (χ4v) is 3.20. The van der Waals surface area contributed by atoms with Gasteiger partial charge < -0.3 is 16.0 Å². The highest BCUT2D eigenvalue weighted by Crippen LogP contribution is 2.22. The Morgan fingerprint density at radius 3 is 2.93 bits per heavy atom. The SMILES string of the molecule is NC(=O)C1CCCN(c2ccc3nc(NC(=O)c4cccnc4)cn3n2)C1. The average molecular weight is 365 g/mol. The third-order valence-electron chi connectivity index (χ3n) is 4.62. The van der Waals surface area contributed by atoms with Gasteiger partial charge in [-0.2, -0.15) is 0 Å². The monoisotopic (exact) mass is 365 g/mol. The zero-order chi connectivity index (χ0) is 18.8. The second kappa shape index (κ2) is 7.02. The summed E-state index contributed by atoms with van der Waals surface area (Å²) in [5, 5.41) is 7.30. The van der Waals surface area contributed by atoms with Gasteiger partial charge >= 0.3 is 0 Å². The first-order chi connectivity index (χ1) is 13.1. The van der Waals surface area contributed by atoms with Gasteiger partial charge in [0.2, 0.25) is 5.91 Å². The lowest BCUT2D eigenvalue weighted by Crippen LogP contribution is -2.41. The zero-order valence-electron chi connectivity index (χ0n) is 14.6. The predicted octanol–water partition coefficient (Wildman–Crippen LogP) is 1.08. The highest BCUT2D eigenvalue weighted by molar-refractivity contribution is 6.03. The summed E-state index contributed by atoms with van der Waals surface area (Å²) in [5.74, 6) is 0.433. The number of primary amides is 1. The molecule has 9 nitrogen and oxygen atoms in total. The minimum Gasteiger partial charge on any atom is -0.369 e. The first-order valence-corrected chi connectivity index (χ1v) is 8.72. The first kappa shape index (κ1) is 17.0. The summed E-state index contributed by atoms with van der Waals surface area (Å²) >= 11 is 0. The number of pyridine rings is 1. The molecule has 9 heteroatoms. The highest BCUT2D eigenvalue weighted by Gasteiger charge is 2.25. The summed E-state index contributed by atoms with van der Waals surface area (Å²) in [5.41, 5.74) is 6.52. The summed E-state index contributed by atoms with van der Waals surface area (Å²) in [6.07, 6.45) is 6.46. The number of carbonyl (C=O) groups excluding carboxylic acids is 2. The van der Waals surface area contributed by atoms with Gasteiger partial charge in [0, 0.05) is 25.5 Å². The number of fused-ring (bicyclic) bond motifs is 1. The Hall–Kier alpha value is -3.49. The van der Waals surface area contributed by atoms with Crippen LogP contribution in [0.3, 0.4) is 0 Å². The molecule has 0 aromatic carbocycles. The van der Waals surface area contributed by atoms with E-state index < -0.39 is 0 Å². The third-order valence-corrected chi connectivity index (χ3v) is 4.62. The molecule has 0 aliphatic carbocycles. The van der Waals surface area contributed by atoms with Crippen LogP contribution in [0, 0.1) is 5.92 Å². The molecule has 1 saturated heterocycles. The molecule has 138 valence electrons. The van der Waals surface area contributed by atoms with Crippen LogP contribution in [0.4, 0.5) is 11.6 Å². The molecule has 2 amide bonds. The van der Waals surface area contributed by atoms with Gasteiger partial charge in [-0.3, -0.25) is 14.6 Å². The van der Waals surface area contributed by atoms with Crippen molar-refractivity contribution in [1.29, 1.82) is 0 Å². The Labute approximate surface area is 155 Å². The van der Waals surface area contributed by atoms with E-state index in [2.05, 4.69) is 20.4 Å². The van der Waals surface area contributed by atoms with Crippen molar-refractivity contribution in [2.75, 3.05) is 23.3 Å². The Morgan fingerprint density at radius 2 is 2.15 bits per heavy atom. The molecular formula is C18H19N7O2. The van der Waals surface area contributed by atoms with E-state index >= 15 is 0 Å². The van der Waals surface area contributed by atoms with Crippen molar-refractivity contribution in [3.05, 3.63) is 48.4 Å². The van der Waals surface area contributed by atoms with Crippen LogP contribution >= 0.6 is 0 Å². The number of imidazole rings is 1. The van der Waals surface area contributed by atoms with Crippen LogP contribution in [-0.2, 0) is 4.79 Å². The maximum Gasteiger partial charge on any atom is 0.258 e. The topological polar surface area (TPSA) is 119 Å². The standard InChI is InChI=1S/C18H19N7O2/c19-17(26)13-4-2-8-24(10-13)16-6-5-15-21-14(11-25(15)23-16)22-18(27)12-3-1-7-20-9-12/h1,3,5-7,9,11,13H,2,4,8,10H2,(H2,19,26)(H,22,27). The van der Waals surface area contributed by atoms with Crippen molar-refractivity contribution in [1.82, 2.24) is 19.6 Å². The smallest absolute Gasteiger partial charge is 0.258 e. The van der Waals surface area contributed by atoms with Gasteiger partial charge in [-0.1, -0.05) is 0 Å². The van der Waals surface area contributed by atoms with Crippen molar-refractivity contribution >= 4 is 29.1 Å². The molecule has 0 saturated carbocycles. The summed E-state index contributed by atoms with van der Waals surface area (Å²) < 4.78 is 1.61. The Balaban J connectivity index is 1.53. The normalized spacial score (nSPS) is 17.0. The fourth-order valence-electron chi connectivity index (χ4n) is 3.20. The van der Waals surface area contributed by atoms with E-state index in [9.17, 15) is 9.59 Å². The molecule has 1 fully saturated rings. The molecule has 27 heavy (non-hydrogen) atoms. The maximum atomic E-state index is 12.2. The Kier molecular flexibility index (Phi) is 4.41. The van der Waals surface area contributed by atoms with Crippen LogP contribution in [-0.4, -0.2) is 44.5 Å². The molecule has 4 rings (SSSR count). The second-order valence-electron chi connectivity index (χ2n) is 6.50. The molecule has 3 aromatic rings. The lowest BCUT2D eigenvalue weighted by Gasteiger charge is -2.31. The van der Waals surface area contributed by atoms with Gasteiger partial charge in [0.05, 0.1) is 17.7 Å². The summed E-state index contributed by atoms with van der Waals surface area (Å²) in [4.78, 5) is 34.1. The third kappa shape index (κ3) is 3.57. The van der Waals surface area contributed by atoms with E-state index in [1.165, 1.54) is 6.20 Å². The number of hydrogen-bond donors (Lipinski definition) is 2. The van der Waals surface area contributed by atoms with Crippen LogP contribution in [0.5, 0.6) is 0 Å². The molecule has 1 aliphatic heterocycles. The van der Waals surface area contributed by atoms with E-state index in [4.69, 9.17) is 5.73 Å². The number of anilines is 2. The van der Waals surface area contributed by atoms with E-state index in [1.807, 2.05) is 17.0 Å². The molecule has 1 aliphatic rings. The van der Waals surface area contributed by atoms with E-state index in [0.29, 0.717) is 23.6 Å². The quantitative estimate of drug-likeness (QED) is 0.714. The van der Waals surface area contributed by atoms with Crippen molar-refractivity contribution in [3.63, 3.8) is 0 Å². The predicted molar refractivity (Wildman–Crippen MR) is 99.3 cm³/mol. The highest BCUT2D eigenvalue weighted by atomic mass is 16.2. The van der Waals surface area contributed by atoms with E-state index in [-0.39, 0.29) is 17.7 Å². The van der Waals surface area contributed by atoms with Crippen LogP contribution < -0.4 is 16.0 Å². The second-order valence-corrected chi connectivity index (χ2v) is 6.50. The number of nitrogens with zero attached hydrogens (tertiary/aromatic N) is 5. The van der Waals surface area contributed by atoms with Gasteiger partial charge in [-0.15, -0.1) is 5.10 Å². The number of nitrogens with one attached hydrogen (secondary N) is 1. The molecule has 0 bridgehead atoms. The van der Waals surface area contributed by atoms with Crippen molar-refractivity contribution < 1.29 is 9.59 Å². The van der Waals surface area contributed by atoms with Crippen LogP contribution in [0.2, 0.25) is 0 Å². The largest absolute Gasteiger partial charge is 0.369 e. The van der Waals surface area contributed by atoms with Gasteiger partial charge in [0.15, 0.2) is 11.5 Å². The van der Waals surface area contributed by atoms with Gasteiger partial charge in [-0.05, 0) is 37.1 Å². The van der Waals surface area contributed by atoms with Crippen molar-refractivity contribution in [2.24, 2.45) is 11.7 Å². The molecule has 0 radical (unpaired) electrons. The van der Waals surface area contributed by atoms with E-state index in [0.717, 1.165) is 25.2 Å². The maximum absolute atomic E-state index is 12.2. The van der Waals surface area contributed by atoms with Crippen LogP contribution in [0.25, 0.3) is 5.65 Å². The number of hydrogen-bond acceptors (Lipinski definition) is 6. The number of amides is 2. The zero-order valence-corrected chi connectivity index (χ0v) is 14.6. The first-order valence-electron chi connectivity index (χ1n) is 8.72. The summed E-state index contributed by atoms with van der Waals surface area (Å²) in [6, 6.07) is 7.07. The number of aromatic nitrogens is 4. The summed E-state index contributed by atoms with van der Waals surface area (Å²) in [6.45, 7) is 1.38. The molecule has 1 unspecified atom stereocenters. The lowest BCUT2D eigenvalue weighted by molar-refractivity contribution is -0.122. The minimum absolute atomic E-state index is 0.159. The van der Waals surface area contributed by atoms with Crippen LogP contribution in [0.1, 0.15) is 23.2 Å². The minimum atomic E-state index is -0.285. The molecule has 3 aromatic heterocycles.